The van der Waals surface area contributed by atoms with E-state index in [0.29, 0.717) is 28.8 Å². The van der Waals surface area contributed by atoms with E-state index < -0.39 is 11.4 Å². The lowest BCUT2D eigenvalue weighted by Gasteiger charge is -2.56. The molecule has 1 amide bonds. The van der Waals surface area contributed by atoms with Crippen LogP contribution >= 0.6 is 27.5 Å². The highest BCUT2D eigenvalue weighted by atomic mass is 79.9. The number of ether oxygens (including phenoxy) is 1. The predicted molar refractivity (Wildman–Crippen MR) is 105 cm³/mol. The number of carbonyl (C=O) groups excluding carboxylic acids is 1. The zero-order chi connectivity index (χ0) is 19.5. The SMILES string of the molecule is CC(C)(C)OC(=O)N1C2CC1CN(c1nc(Cl)nc3c(F)c(Br)ccc13)C2. The number of aromatic nitrogens is 2. The molecule has 144 valence electrons. The summed E-state index contributed by atoms with van der Waals surface area (Å²) in [6.45, 7) is 6.75. The fourth-order valence-corrected chi connectivity index (χ4v) is 4.22. The summed E-state index contributed by atoms with van der Waals surface area (Å²) < 4.78 is 20.3. The fourth-order valence-electron chi connectivity index (χ4n) is 3.73. The maximum Gasteiger partial charge on any atom is 0.410 e. The van der Waals surface area contributed by atoms with Crippen molar-refractivity contribution in [3.8, 4) is 0 Å². The van der Waals surface area contributed by atoms with Crippen LogP contribution in [0.3, 0.4) is 0 Å². The van der Waals surface area contributed by atoms with Crippen LogP contribution in [0.5, 0.6) is 0 Å². The molecule has 0 radical (unpaired) electrons. The topological polar surface area (TPSA) is 58.6 Å². The summed E-state index contributed by atoms with van der Waals surface area (Å²) in [6, 6.07) is 3.50. The van der Waals surface area contributed by atoms with Crippen molar-refractivity contribution in [2.24, 2.45) is 0 Å². The van der Waals surface area contributed by atoms with E-state index in [9.17, 15) is 9.18 Å². The van der Waals surface area contributed by atoms with E-state index in [1.807, 2.05) is 25.7 Å². The number of hydrogen-bond donors (Lipinski definition) is 0. The molecule has 3 saturated heterocycles. The first kappa shape index (κ1) is 18.7. The number of halogens is 3. The van der Waals surface area contributed by atoms with Crippen LogP contribution in [0.25, 0.3) is 10.9 Å². The third-order valence-corrected chi connectivity index (χ3v) is 5.59. The Morgan fingerprint density at radius 3 is 2.59 bits per heavy atom. The average Bonchev–Trinajstić information content (AvgIpc) is 2.56. The Morgan fingerprint density at radius 1 is 1.30 bits per heavy atom. The van der Waals surface area contributed by atoms with E-state index in [1.165, 1.54) is 0 Å². The molecule has 5 rings (SSSR count). The zero-order valence-electron chi connectivity index (χ0n) is 15.2. The van der Waals surface area contributed by atoms with Crippen LogP contribution in [0.15, 0.2) is 16.6 Å². The van der Waals surface area contributed by atoms with Gasteiger partial charge >= 0.3 is 6.09 Å². The molecule has 0 aliphatic carbocycles. The van der Waals surface area contributed by atoms with E-state index in [2.05, 4.69) is 25.9 Å². The third-order valence-electron chi connectivity index (χ3n) is 4.81. The second-order valence-electron chi connectivity index (χ2n) is 7.91. The molecule has 2 unspecified atom stereocenters. The first-order valence-corrected chi connectivity index (χ1v) is 9.88. The quantitative estimate of drug-likeness (QED) is 0.595. The molecule has 2 bridgehead atoms. The molecule has 0 saturated carbocycles. The van der Waals surface area contributed by atoms with E-state index in [4.69, 9.17) is 16.3 Å². The second kappa shape index (κ2) is 6.44. The third kappa shape index (κ3) is 3.33. The molecule has 3 fully saturated rings. The lowest BCUT2D eigenvalue weighted by atomic mass is 9.88. The number of piperidine rings is 1. The Balaban J connectivity index is 1.61. The number of fused-ring (bicyclic) bond motifs is 3. The number of piperazine rings is 1. The van der Waals surface area contributed by atoms with E-state index >= 15 is 0 Å². The van der Waals surface area contributed by atoms with Crippen LogP contribution in [0.4, 0.5) is 15.0 Å². The predicted octanol–water partition coefficient (Wildman–Crippen LogP) is 4.38. The summed E-state index contributed by atoms with van der Waals surface area (Å²) in [5.74, 6) is 0.130. The highest BCUT2D eigenvalue weighted by Crippen LogP contribution is 2.38. The number of anilines is 1. The maximum atomic E-state index is 14.5. The summed E-state index contributed by atoms with van der Waals surface area (Å²) in [7, 11) is 0. The van der Waals surface area contributed by atoms with Gasteiger partial charge in [-0.1, -0.05) is 0 Å². The minimum absolute atomic E-state index is 0.00209. The van der Waals surface area contributed by atoms with Gasteiger partial charge in [-0.25, -0.2) is 14.2 Å². The molecule has 3 aliphatic heterocycles. The molecule has 4 heterocycles. The highest BCUT2D eigenvalue weighted by Gasteiger charge is 2.49. The van der Waals surface area contributed by atoms with Gasteiger partial charge in [0.2, 0.25) is 5.28 Å². The van der Waals surface area contributed by atoms with Crippen molar-refractivity contribution in [1.29, 1.82) is 0 Å². The molecule has 2 atom stereocenters. The Bertz CT molecular complexity index is 924. The molecule has 1 aromatic heterocycles. The number of carbonyl (C=O) groups is 1. The van der Waals surface area contributed by atoms with Crippen LogP contribution in [0.1, 0.15) is 27.2 Å². The van der Waals surface area contributed by atoms with Crippen molar-refractivity contribution in [3.05, 3.63) is 27.7 Å². The summed E-state index contributed by atoms with van der Waals surface area (Å²) in [5.41, 5.74) is -0.343. The summed E-state index contributed by atoms with van der Waals surface area (Å²) >= 11 is 9.23. The van der Waals surface area contributed by atoms with Crippen LogP contribution in [0, 0.1) is 5.82 Å². The minimum atomic E-state index is -0.526. The number of nitrogens with zero attached hydrogens (tertiary/aromatic N) is 4. The normalized spacial score (nSPS) is 22.0. The van der Waals surface area contributed by atoms with Gasteiger partial charge in [-0.15, -0.1) is 0 Å². The van der Waals surface area contributed by atoms with Crippen molar-refractivity contribution >= 4 is 50.3 Å². The van der Waals surface area contributed by atoms with Crippen molar-refractivity contribution in [2.75, 3.05) is 18.0 Å². The van der Waals surface area contributed by atoms with Gasteiger partial charge in [-0.3, -0.25) is 4.90 Å². The van der Waals surface area contributed by atoms with Gasteiger partial charge in [-0.05, 0) is 66.9 Å². The lowest BCUT2D eigenvalue weighted by molar-refractivity contribution is -0.0380. The molecule has 9 heteroatoms. The lowest BCUT2D eigenvalue weighted by Crippen LogP contribution is -2.70. The van der Waals surface area contributed by atoms with Gasteiger partial charge in [0.05, 0.1) is 16.6 Å². The maximum absolute atomic E-state index is 14.5. The molecular formula is C18H19BrClFN4O2. The number of benzene rings is 1. The average molecular weight is 458 g/mol. The monoisotopic (exact) mass is 456 g/mol. The summed E-state index contributed by atoms with van der Waals surface area (Å²) in [5, 5.41) is 0.600. The van der Waals surface area contributed by atoms with E-state index in [-0.39, 0.29) is 29.0 Å². The summed E-state index contributed by atoms with van der Waals surface area (Å²) in [4.78, 5) is 24.7. The highest BCUT2D eigenvalue weighted by molar-refractivity contribution is 9.10. The van der Waals surface area contributed by atoms with Crippen molar-refractivity contribution in [3.63, 3.8) is 0 Å². The van der Waals surface area contributed by atoms with E-state index in [1.54, 1.807) is 17.0 Å². The first-order chi connectivity index (χ1) is 12.6. The first-order valence-electron chi connectivity index (χ1n) is 8.71. The number of hydrogen-bond acceptors (Lipinski definition) is 5. The van der Waals surface area contributed by atoms with Gasteiger partial charge < -0.3 is 9.64 Å². The van der Waals surface area contributed by atoms with Crippen molar-refractivity contribution in [2.45, 2.75) is 44.9 Å². The van der Waals surface area contributed by atoms with Gasteiger partial charge in [0, 0.05) is 18.5 Å². The molecule has 0 N–H and O–H groups in total. The molecule has 3 aliphatic rings. The van der Waals surface area contributed by atoms with E-state index in [0.717, 1.165) is 6.42 Å². The van der Waals surface area contributed by atoms with Gasteiger partial charge in [0.25, 0.3) is 0 Å². The van der Waals surface area contributed by atoms with Crippen molar-refractivity contribution in [1.82, 2.24) is 14.9 Å². The number of rotatable bonds is 1. The number of amides is 1. The fraction of sp³-hybridized carbons (Fsp3) is 0.500. The molecular weight excluding hydrogens is 439 g/mol. The Kier molecular flexibility index (Phi) is 4.46. The molecule has 27 heavy (non-hydrogen) atoms. The Morgan fingerprint density at radius 2 is 1.96 bits per heavy atom. The largest absolute Gasteiger partial charge is 0.444 e. The molecule has 1 aromatic carbocycles. The second-order valence-corrected chi connectivity index (χ2v) is 9.10. The smallest absolute Gasteiger partial charge is 0.410 e. The standard InChI is InChI=1S/C18H19BrClFN4O2/c1-18(2,3)27-17(26)25-9-6-10(25)8-24(7-9)15-11-4-5-12(19)13(21)14(11)22-16(20)23-15/h4-5,9-10H,6-8H2,1-3H3. The molecule has 6 nitrogen and oxygen atoms in total. The summed E-state index contributed by atoms with van der Waals surface area (Å²) in [6.07, 6.45) is 0.635. The van der Waals surface area contributed by atoms with Gasteiger partial charge in [0.1, 0.15) is 16.9 Å². The van der Waals surface area contributed by atoms with Crippen LogP contribution in [-0.2, 0) is 4.74 Å². The molecule has 0 spiro atoms. The van der Waals surface area contributed by atoms with Gasteiger partial charge in [0.15, 0.2) is 5.82 Å². The Hall–Kier alpha value is -1.67. The van der Waals surface area contributed by atoms with Crippen molar-refractivity contribution < 1.29 is 13.9 Å². The Labute approximate surface area is 169 Å². The minimum Gasteiger partial charge on any atom is -0.444 e. The molecule has 2 aromatic rings. The zero-order valence-corrected chi connectivity index (χ0v) is 17.5. The van der Waals surface area contributed by atoms with Gasteiger partial charge in [-0.2, -0.15) is 4.98 Å². The van der Waals surface area contributed by atoms with Crippen LogP contribution < -0.4 is 4.90 Å². The van der Waals surface area contributed by atoms with Crippen LogP contribution in [0.2, 0.25) is 5.28 Å². The van der Waals surface area contributed by atoms with Crippen LogP contribution in [-0.4, -0.2) is 51.7 Å².